The number of imidazole rings is 1. The number of morpholine rings is 1. The number of aliphatic hydroxyl groups is 1. The molecule has 2 aromatic rings. The summed E-state index contributed by atoms with van der Waals surface area (Å²) in [6, 6.07) is 5.13. The van der Waals surface area contributed by atoms with E-state index in [9.17, 15) is 4.39 Å². The first kappa shape index (κ1) is 17.5. The van der Waals surface area contributed by atoms with Gasteiger partial charge in [0.15, 0.2) is 0 Å². The minimum absolute atomic E-state index is 0.0978. The molecule has 2 aliphatic heterocycles. The van der Waals surface area contributed by atoms with E-state index in [0.717, 1.165) is 25.3 Å². The molecule has 26 heavy (non-hydrogen) atoms. The Balaban J connectivity index is 1.58. The first-order valence-electron chi connectivity index (χ1n) is 9.03. The second kappa shape index (κ2) is 7.34. The quantitative estimate of drug-likeness (QED) is 0.884. The second-order valence-electron chi connectivity index (χ2n) is 6.97. The molecule has 0 spiro atoms. The van der Waals surface area contributed by atoms with Gasteiger partial charge in [-0.15, -0.1) is 0 Å². The van der Waals surface area contributed by atoms with Crippen LogP contribution in [0.4, 0.5) is 4.39 Å². The molecule has 0 radical (unpaired) electrons. The fraction of sp³-hybridized carbons (Fsp3) is 0.526. The first-order valence-corrected chi connectivity index (χ1v) is 9.03. The Labute approximate surface area is 152 Å². The van der Waals surface area contributed by atoms with Gasteiger partial charge in [-0.05, 0) is 31.0 Å². The van der Waals surface area contributed by atoms with Crippen molar-refractivity contribution in [1.82, 2.24) is 14.5 Å². The average molecular weight is 361 g/mol. The summed E-state index contributed by atoms with van der Waals surface area (Å²) in [5, 5.41) is 9.14. The fourth-order valence-corrected chi connectivity index (χ4v) is 4.11. The number of aromatic nitrogens is 2. The predicted octanol–water partition coefficient (Wildman–Crippen LogP) is 2.09. The number of nitrogens with zero attached hydrogens (tertiary/aromatic N) is 3. The summed E-state index contributed by atoms with van der Waals surface area (Å²) in [5.74, 6) is 1.03. The van der Waals surface area contributed by atoms with Gasteiger partial charge in [-0.1, -0.05) is 0 Å². The zero-order valence-electron chi connectivity index (χ0n) is 14.8. The van der Waals surface area contributed by atoms with Crippen molar-refractivity contribution < 1.29 is 19.0 Å². The predicted molar refractivity (Wildman–Crippen MR) is 94.6 cm³/mol. The van der Waals surface area contributed by atoms with Crippen LogP contribution in [0.3, 0.4) is 0 Å². The van der Waals surface area contributed by atoms with Crippen LogP contribution >= 0.6 is 0 Å². The fourth-order valence-electron chi connectivity index (χ4n) is 4.11. The SMILES string of the molecule is COc1ccc(F)cc1-c1nccn1[C@H]1C[C@H]2CO[C@@H](CCO)CN2C1. The van der Waals surface area contributed by atoms with Crippen LogP contribution in [0.2, 0.25) is 0 Å². The number of halogens is 1. The number of rotatable bonds is 5. The van der Waals surface area contributed by atoms with Crippen LogP contribution in [0.5, 0.6) is 5.75 Å². The van der Waals surface area contributed by atoms with Gasteiger partial charge >= 0.3 is 0 Å². The van der Waals surface area contributed by atoms with E-state index in [0.29, 0.717) is 30.4 Å². The van der Waals surface area contributed by atoms with Crippen LogP contribution in [0, 0.1) is 5.82 Å². The number of hydrogen-bond donors (Lipinski definition) is 1. The van der Waals surface area contributed by atoms with Crippen molar-refractivity contribution >= 4 is 0 Å². The molecule has 1 aromatic heterocycles. The topological polar surface area (TPSA) is 59.8 Å². The maximum absolute atomic E-state index is 13.8. The molecule has 2 fully saturated rings. The van der Waals surface area contributed by atoms with E-state index in [1.165, 1.54) is 12.1 Å². The highest BCUT2D eigenvalue weighted by Gasteiger charge is 2.38. The summed E-state index contributed by atoms with van der Waals surface area (Å²) < 4.78 is 27.2. The van der Waals surface area contributed by atoms with Gasteiger partial charge in [-0.3, -0.25) is 4.90 Å². The minimum Gasteiger partial charge on any atom is -0.496 e. The van der Waals surface area contributed by atoms with Crippen molar-refractivity contribution in [2.75, 3.05) is 33.4 Å². The molecule has 3 heterocycles. The van der Waals surface area contributed by atoms with Gasteiger partial charge in [0.25, 0.3) is 0 Å². The van der Waals surface area contributed by atoms with Crippen LogP contribution in [-0.4, -0.2) is 65.1 Å². The highest BCUT2D eigenvalue weighted by molar-refractivity contribution is 5.64. The maximum Gasteiger partial charge on any atom is 0.144 e. The number of fused-ring (bicyclic) bond motifs is 1. The van der Waals surface area contributed by atoms with E-state index < -0.39 is 0 Å². The van der Waals surface area contributed by atoms with Crippen LogP contribution in [0.15, 0.2) is 30.6 Å². The van der Waals surface area contributed by atoms with Gasteiger partial charge in [0.2, 0.25) is 0 Å². The van der Waals surface area contributed by atoms with Crippen LogP contribution in [0.1, 0.15) is 18.9 Å². The Morgan fingerprint density at radius 2 is 2.23 bits per heavy atom. The average Bonchev–Trinajstić information content (AvgIpc) is 3.28. The standard InChI is InChI=1S/C19H24FN3O3/c1-25-18-3-2-13(20)8-17(18)19-21-5-6-23(19)14-9-15-12-26-16(4-7-24)11-22(15)10-14/h2-3,5-6,8,14-16,24H,4,7,9-12H2,1H3/t14-,15-,16-/m0/s1. The molecule has 7 heteroatoms. The summed E-state index contributed by atoms with van der Waals surface area (Å²) in [6.07, 6.45) is 5.44. The van der Waals surface area contributed by atoms with Gasteiger partial charge in [0.05, 0.1) is 25.4 Å². The summed E-state index contributed by atoms with van der Waals surface area (Å²) in [5.41, 5.74) is 0.664. The molecule has 0 unspecified atom stereocenters. The number of aliphatic hydroxyl groups excluding tert-OH is 1. The molecule has 1 N–H and O–H groups in total. The number of methoxy groups -OCH3 is 1. The molecule has 0 aliphatic carbocycles. The molecule has 1 aromatic carbocycles. The molecule has 3 atom stereocenters. The zero-order valence-corrected chi connectivity index (χ0v) is 14.8. The Kier molecular flexibility index (Phi) is 4.93. The van der Waals surface area contributed by atoms with Crippen LogP contribution in [0.25, 0.3) is 11.4 Å². The summed E-state index contributed by atoms with van der Waals surface area (Å²) in [7, 11) is 1.58. The molecule has 2 saturated heterocycles. The van der Waals surface area contributed by atoms with Crippen molar-refractivity contribution in [3.05, 3.63) is 36.4 Å². The molecule has 0 amide bonds. The van der Waals surface area contributed by atoms with Crippen molar-refractivity contribution in [3.63, 3.8) is 0 Å². The summed E-state index contributed by atoms with van der Waals surface area (Å²) in [6.45, 7) is 2.58. The van der Waals surface area contributed by atoms with E-state index in [1.54, 1.807) is 19.4 Å². The molecule has 6 nitrogen and oxygen atoms in total. The lowest BCUT2D eigenvalue weighted by Crippen LogP contribution is -2.46. The second-order valence-corrected chi connectivity index (χ2v) is 6.97. The smallest absolute Gasteiger partial charge is 0.144 e. The largest absolute Gasteiger partial charge is 0.496 e. The van der Waals surface area contributed by atoms with Crippen molar-refractivity contribution in [3.8, 4) is 17.1 Å². The van der Waals surface area contributed by atoms with Crippen LogP contribution < -0.4 is 4.74 Å². The van der Waals surface area contributed by atoms with Crippen LogP contribution in [-0.2, 0) is 4.74 Å². The Morgan fingerprint density at radius 3 is 3.04 bits per heavy atom. The lowest BCUT2D eigenvalue weighted by atomic mass is 10.1. The molecule has 2 aliphatic rings. The van der Waals surface area contributed by atoms with E-state index in [-0.39, 0.29) is 24.6 Å². The Hall–Kier alpha value is -1.96. The Morgan fingerprint density at radius 1 is 1.35 bits per heavy atom. The summed E-state index contributed by atoms with van der Waals surface area (Å²) >= 11 is 0. The number of hydrogen-bond acceptors (Lipinski definition) is 5. The van der Waals surface area contributed by atoms with Crippen molar-refractivity contribution in [2.45, 2.75) is 31.0 Å². The monoisotopic (exact) mass is 361 g/mol. The lowest BCUT2D eigenvalue weighted by Gasteiger charge is -2.34. The van der Waals surface area contributed by atoms with Gasteiger partial charge in [-0.25, -0.2) is 9.37 Å². The molecule has 140 valence electrons. The zero-order chi connectivity index (χ0) is 18.1. The molecular formula is C19H24FN3O3. The Bertz CT molecular complexity index is 766. The van der Waals surface area contributed by atoms with Gasteiger partial charge in [0.1, 0.15) is 17.4 Å². The van der Waals surface area contributed by atoms with E-state index in [2.05, 4.69) is 14.5 Å². The van der Waals surface area contributed by atoms with Gasteiger partial charge < -0.3 is 19.1 Å². The highest BCUT2D eigenvalue weighted by atomic mass is 19.1. The van der Waals surface area contributed by atoms with Gasteiger partial charge in [-0.2, -0.15) is 0 Å². The molecule has 0 saturated carbocycles. The minimum atomic E-state index is -0.306. The van der Waals surface area contributed by atoms with Crippen molar-refractivity contribution in [1.29, 1.82) is 0 Å². The van der Waals surface area contributed by atoms with E-state index in [4.69, 9.17) is 14.6 Å². The lowest BCUT2D eigenvalue weighted by molar-refractivity contribution is -0.0567. The maximum atomic E-state index is 13.8. The summed E-state index contributed by atoms with van der Waals surface area (Å²) in [4.78, 5) is 6.91. The normalized spacial score (nSPS) is 26.0. The highest BCUT2D eigenvalue weighted by Crippen LogP contribution is 2.36. The molecule has 4 rings (SSSR count). The third-order valence-corrected chi connectivity index (χ3v) is 5.38. The van der Waals surface area contributed by atoms with E-state index in [1.807, 2.05) is 6.20 Å². The third kappa shape index (κ3) is 3.22. The van der Waals surface area contributed by atoms with Gasteiger partial charge in [0, 0.05) is 44.2 Å². The number of benzene rings is 1. The van der Waals surface area contributed by atoms with E-state index >= 15 is 0 Å². The van der Waals surface area contributed by atoms with Crippen molar-refractivity contribution in [2.24, 2.45) is 0 Å². The third-order valence-electron chi connectivity index (χ3n) is 5.38. The molecular weight excluding hydrogens is 337 g/mol. The number of ether oxygens (including phenoxy) is 2. The first-order chi connectivity index (χ1) is 12.7. The molecule has 0 bridgehead atoms.